The van der Waals surface area contributed by atoms with Crippen LogP contribution in [0.1, 0.15) is 34.0 Å². The average Bonchev–Trinajstić information content (AvgIpc) is 3.29. The SMILES string of the molecule is CCOc1cc(/C=C2/N=C(c3cc(OC)c(OC)c(OC)c3)OC2=O)ccc1OC(=O)c1ccc(C)cc1. The van der Waals surface area contributed by atoms with Gasteiger partial charge in [-0.3, -0.25) is 0 Å². The summed E-state index contributed by atoms with van der Waals surface area (Å²) in [6, 6.07) is 15.3. The van der Waals surface area contributed by atoms with E-state index < -0.39 is 11.9 Å². The van der Waals surface area contributed by atoms with Gasteiger partial charge in [0.05, 0.1) is 33.5 Å². The van der Waals surface area contributed by atoms with Crippen molar-refractivity contribution in [2.45, 2.75) is 13.8 Å². The molecule has 196 valence electrons. The van der Waals surface area contributed by atoms with Gasteiger partial charge in [0.2, 0.25) is 11.6 Å². The van der Waals surface area contributed by atoms with Crippen LogP contribution in [0.3, 0.4) is 0 Å². The van der Waals surface area contributed by atoms with Gasteiger partial charge in [-0.1, -0.05) is 23.8 Å². The van der Waals surface area contributed by atoms with Gasteiger partial charge in [0.25, 0.3) is 0 Å². The number of rotatable bonds is 9. The molecule has 4 rings (SSSR count). The van der Waals surface area contributed by atoms with Gasteiger partial charge in [-0.2, -0.15) is 0 Å². The topological polar surface area (TPSA) is 102 Å². The molecule has 9 heteroatoms. The summed E-state index contributed by atoms with van der Waals surface area (Å²) in [5.74, 6) is 0.779. The van der Waals surface area contributed by atoms with Gasteiger partial charge >= 0.3 is 11.9 Å². The maximum absolute atomic E-state index is 12.6. The number of cyclic esters (lactones) is 1. The van der Waals surface area contributed by atoms with E-state index in [4.69, 9.17) is 28.4 Å². The molecule has 0 spiro atoms. The Bertz CT molecular complexity index is 1400. The molecule has 0 saturated carbocycles. The third kappa shape index (κ3) is 5.62. The summed E-state index contributed by atoms with van der Waals surface area (Å²) in [6.07, 6.45) is 1.56. The molecule has 3 aromatic rings. The summed E-state index contributed by atoms with van der Waals surface area (Å²) in [7, 11) is 4.48. The minimum atomic E-state index is -0.624. The van der Waals surface area contributed by atoms with Gasteiger partial charge in [0.15, 0.2) is 28.7 Å². The Morgan fingerprint density at radius 2 is 1.58 bits per heavy atom. The van der Waals surface area contributed by atoms with Crippen molar-refractivity contribution in [1.29, 1.82) is 0 Å². The normalized spacial score (nSPS) is 13.6. The van der Waals surface area contributed by atoms with Crippen LogP contribution < -0.4 is 23.7 Å². The average molecular weight is 518 g/mol. The molecule has 1 aliphatic heterocycles. The number of methoxy groups -OCH3 is 3. The Morgan fingerprint density at radius 3 is 2.18 bits per heavy atom. The van der Waals surface area contributed by atoms with Crippen LogP contribution in [0.15, 0.2) is 65.3 Å². The number of nitrogens with zero attached hydrogens (tertiary/aromatic N) is 1. The van der Waals surface area contributed by atoms with Crippen LogP contribution in [0.4, 0.5) is 0 Å². The molecular weight excluding hydrogens is 490 g/mol. The smallest absolute Gasteiger partial charge is 0.363 e. The molecule has 0 bridgehead atoms. The minimum Gasteiger partial charge on any atom is -0.493 e. The van der Waals surface area contributed by atoms with Crippen molar-refractivity contribution in [3.05, 3.63) is 82.5 Å². The van der Waals surface area contributed by atoms with E-state index in [0.717, 1.165) is 5.56 Å². The van der Waals surface area contributed by atoms with E-state index in [9.17, 15) is 9.59 Å². The first kappa shape index (κ1) is 26.3. The Morgan fingerprint density at radius 1 is 0.895 bits per heavy atom. The number of hydrogen-bond acceptors (Lipinski definition) is 9. The molecule has 0 atom stereocenters. The van der Waals surface area contributed by atoms with E-state index in [-0.39, 0.29) is 17.3 Å². The molecule has 0 aromatic heterocycles. The fourth-order valence-corrected chi connectivity index (χ4v) is 3.71. The lowest BCUT2D eigenvalue weighted by Crippen LogP contribution is -2.09. The van der Waals surface area contributed by atoms with Crippen LogP contribution in [-0.2, 0) is 9.53 Å². The molecule has 9 nitrogen and oxygen atoms in total. The van der Waals surface area contributed by atoms with Crippen LogP contribution in [-0.4, -0.2) is 45.8 Å². The molecule has 0 radical (unpaired) electrons. The molecule has 38 heavy (non-hydrogen) atoms. The summed E-state index contributed by atoms with van der Waals surface area (Å²) in [4.78, 5) is 29.6. The van der Waals surface area contributed by atoms with Crippen molar-refractivity contribution >= 4 is 23.9 Å². The first-order valence-electron chi connectivity index (χ1n) is 11.8. The molecule has 0 aliphatic carbocycles. The first-order valence-corrected chi connectivity index (χ1v) is 11.8. The Hall–Kier alpha value is -4.79. The van der Waals surface area contributed by atoms with Crippen molar-refractivity contribution in [3.63, 3.8) is 0 Å². The van der Waals surface area contributed by atoms with E-state index >= 15 is 0 Å². The van der Waals surface area contributed by atoms with Gasteiger partial charge < -0.3 is 28.4 Å². The largest absolute Gasteiger partial charge is 0.493 e. The second-order valence-electron chi connectivity index (χ2n) is 8.14. The van der Waals surface area contributed by atoms with Gasteiger partial charge in [0.1, 0.15) is 0 Å². The summed E-state index contributed by atoms with van der Waals surface area (Å²) < 4.78 is 32.7. The fourth-order valence-electron chi connectivity index (χ4n) is 3.71. The van der Waals surface area contributed by atoms with E-state index in [1.165, 1.54) is 21.3 Å². The lowest BCUT2D eigenvalue weighted by molar-refractivity contribution is -0.129. The van der Waals surface area contributed by atoms with Gasteiger partial charge in [-0.25, -0.2) is 14.6 Å². The lowest BCUT2D eigenvalue weighted by Gasteiger charge is -2.13. The second kappa shape index (κ2) is 11.5. The molecule has 0 N–H and O–H groups in total. The number of hydrogen-bond donors (Lipinski definition) is 0. The molecule has 0 amide bonds. The number of esters is 2. The van der Waals surface area contributed by atoms with Crippen LogP contribution in [0.25, 0.3) is 6.08 Å². The summed E-state index contributed by atoms with van der Waals surface area (Å²) in [5.41, 5.74) is 2.62. The standard InChI is InChI=1S/C29H27NO8/c1-6-36-23-14-18(9-12-22(23)37-28(31)19-10-7-17(2)8-11-19)13-21-29(32)38-27(30-21)20-15-24(33-3)26(35-5)25(16-20)34-4/h7-16H,6H2,1-5H3/b21-13+. The van der Waals surface area contributed by atoms with E-state index in [2.05, 4.69) is 4.99 Å². The summed E-state index contributed by atoms with van der Waals surface area (Å²) >= 11 is 0. The van der Waals surface area contributed by atoms with Gasteiger partial charge in [-0.05, 0) is 61.9 Å². The fraction of sp³-hybridized carbons (Fsp3) is 0.207. The summed E-state index contributed by atoms with van der Waals surface area (Å²) in [5, 5.41) is 0. The number of ether oxygens (including phenoxy) is 6. The highest BCUT2D eigenvalue weighted by molar-refractivity contribution is 6.13. The zero-order chi connectivity index (χ0) is 27.2. The molecule has 1 aliphatic rings. The molecule has 1 heterocycles. The van der Waals surface area contributed by atoms with Gasteiger partial charge in [-0.15, -0.1) is 0 Å². The first-order chi connectivity index (χ1) is 18.4. The predicted molar refractivity (Wildman–Crippen MR) is 140 cm³/mol. The third-order valence-corrected chi connectivity index (χ3v) is 5.59. The zero-order valence-electron chi connectivity index (χ0n) is 21.7. The highest BCUT2D eigenvalue weighted by Crippen LogP contribution is 2.39. The van der Waals surface area contributed by atoms with E-state index in [0.29, 0.717) is 46.3 Å². The van der Waals surface area contributed by atoms with Crippen LogP contribution in [0.5, 0.6) is 28.7 Å². The number of aliphatic imine (C=N–C) groups is 1. The van der Waals surface area contributed by atoms with E-state index in [1.54, 1.807) is 48.5 Å². The van der Waals surface area contributed by atoms with Crippen molar-refractivity contribution in [1.82, 2.24) is 0 Å². The zero-order valence-corrected chi connectivity index (χ0v) is 21.7. The van der Waals surface area contributed by atoms with E-state index in [1.807, 2.05) is 26.0 Å². The Balaban J connectivity index is 1.62. The Labute approximate surface area is 220 Å². The molecular formula is C29H27NO8. The second-order valence-corrected chi connectivity index (χ2v) is 8.14. The van der Waals surface area contributed by atoms with Crippen molar-refractivity contribution in [2.24, 2.45) is 4.99 Å². The molecule has 0 fully saturated rings. The van der Waals surface area contributed by atoms with Crippen LogP contribution in [0.2, 0.25) is 0 Å². The van der Waals surface area contributed by atoms with Crippen molar-refractivity contribution in [2.75, 3.05) is 27.9 Å². The maximum atomic E-state index is 12.6. The van der Waals surface area contributed by atoms with Gasteiger partial charge in [0, 0.05) is 5.56 Å². The monoisotopic (exact) mass is 517 g/mol. The molecule has 0 saturated heterocycles. The lowest BCUT2D eigenvalue weighted by atomic mass is 10.1. The highest BCUT2D eigenvalue weighted by Gasteiger charge is 2.27. The maximum Gasteiger partial charge on any atom is 0.363 e. The highest BCUT2D eigenvalue weighted by atomic mass is 16.6. The number of carbonyl (C=O) groups excluding carboxylic acids is 2. The van der Waals surface area contributed by atoms with Crippen molar-refractivity contribution < 1.29 is 38.0 Å². The Kier molecular flexibility index (Phi) is 7.96. The molecule has 0 unspecified atom stereocenters. The molecule has 3 aromatic carbocycles. The number of aryl methyl sites for hydroxylation is 1. The van der Waals surface area contributed by atoms with Crippen LogP contribution in [0, 0.1) is 6.92 Å². The predicted octanol–water partition coefficient (Wildman–Crippen LogP) is 4.98. The number of carbonyl (C=O) groups is 2. The quantitative estimate of drug-likeness (QED) is 0.222. The van der Waals surface area contributed by atoms with Crippen LogP contribution >= 0.6 is 0 Å². The van der Waals surface area contributed by atoms with Crippen molar-refractivity contribution in [3.8, 4) is 28.7 Å². The number of benzene rings is 3. The minimum absolute atomic E-state index is 0.0839. The third-order valence-electron chi connectivity index (χ3n) is 5.59. The summed E-state index contributed by atoms with van der Waals surface area (Å²) in [6.45, 7) is 4.10.